The summed E-state index contributed by atoms with van der Waals surface area (Å²) in [6.07, 6.45) is 2.95. The summed E-state index contributed by atoms with van der Waals surface area (Å²) in [4.78, 5) is 26.5. The van der Waals surface area contributed by atoms with E-state index in [9.17, 15) is 9.59 Å². The molecular weight excluding hydrogens is 352 g/mol. The highest BCUT2D eigenvalue weighted by atomic mass is 16.5. The number of ether oxygens (including phenoxy) is 1. The maximum Gasteiger partial charge on any atom is 0.225 e. The monoisotopic (exact) mass is 380 g/mol. The van der Waals surface area contributed by atoms with Gasteiger partial charge in [-0.2, -0.15) is 0 Å². The van der Waals surface area contributed by atoms with Gasteiger partial charge in [-0.25, -0.2) is 0 Å². The Kier molecular flexibility index (Phi) is 7.06. The van der Waals surface area contributed by atoms with Gasteiger partial charge in [-0.3, -0.25) is 9.59 Å². The summed E-state index contributed by atoms with van der Waals surface area (Å²) >= 11 is 0. The number of nitrogens with one attached hydrogen (secondary N) is 1. The van der Waals surface area contributed by atoms with E-state index in [0.717, 1.165) is 30.6 Å². The van der Waals surface area contributed by atoms with Crippen LogP contribution < -0.4 is 10.1 Å². The van der Waals surface area contributed by atoms with Crippen LogP contribution in [0.4, 0.5) is 0 Å². The lowest BCUT2D eigenvalue weighted by molar-refractivity contribution is -0.129. The van der Waals surface area contributed by atoms with Gasteiger partial charge < -0.3 is 15.0 Å². The van der Waals surface area contributed by atoms with Crippen molar-refractivity contribution in [1.29, 1.82) is 0 Å². The first-order chi connectivity index (χ1) is 13.7. The van der Waals surface area contributed by atoms with Crippen LogP contribution in [0.15, 0.2) is 54.6 Å². The summed E-state index contributed by atoms with van der Waals surface area (Å²) in [5, 5.41) is 2.98. The normalized spacial score (nSPS) is 16.2. The zero-order chi connectivity index (χ0) is 19.8. The van der Waals surface area contributed by atoms with E-state index < -0.39 is 0 Å². The van der Waals surface area contributed by atoms with E-state index in [4.69, 9.17) is 4.74 Å². The largest absolute Gasteiger partial charge is 0.497 e. The summed E-state index contributed by atoms with van der Waals surface area (Å²) in [5.74, 6) is 0.653. The number of benzene rings is 2. The van der Waals surface area contributed by atoms with Crippen LogP contribution in [-0.2, 0) is 22.4 Å². The first-order valence-corrected chi connectivity index (χ1v) is 9.88. The maximum absolute atomic E-state index is 12.4. The summed E-state index contributed by atoms with van der Waals surface area (Å²) in [6, 6.07) is 18.1. The predicted octanol–water partition coefficient (Wildman–Crippen LogP) is 2.84. The number of carbonyl (C=O) groups excluding carboxylic acids is 2. The van der Waals surface area contributed by atoms with Crippen molar-refractivity contribution in [3.8, 4) is 5.75 Å². The molecule has 0 aliphatic carbocycles. The molecule has 2 aromatic carbocycles. The summed E-state index contributed by atoms with van der Waals surface area (Å²) < 4.78 is 5.15. The molecule has 0 aromatic heterocycles. The van der Waals surface area contributed by atoms with E-state index in [1.165, 1.54) is 5.56 Å². The third-order valence-corrected chi connectivity index (χ3v) is 5.19. The Morgan fingerprint density at radius 1 is 1.07 bits per heavy atom. The number of nitrogens with zero attached hydrogens (tertiary/aromatic N) is 1. The van der Waals surface area contributed by atoms with E-state index in [1.54, 1.807) is 7.11 Å². The molecule has 1 atom stereocenters. The first kappa shape index (κ1) is 19.9. The molecule has 2 amide bonds. The smallest absolute Gasteiger partial charge is 0.225 e. The second-order valence-corrected chi connectivity index (χ2v) is 7.22. The molecular formula is C23H28N2O3. The molecule has 3 rings (SSSR count). The predicted molar refractivity (Wildman–Crippen MR) is 109 cm³/mol. The number of methoxy groups -OCH3 is 1. The third-order valence-electron chi connectivity index (χ3n) is 5.19. The van der Waals surface area contributed by atoms with E-state index >= 15 is 0 Å². The second kappa shape index (κ2) is 9.93. The molecule has 2 aromatic rings. The van der Waals surface area contributed by atoms with Crippen LogP contribution in [0.1, 0.15) is 24.0 Å². The maximum atomic E-state index is 12.4. The fraction of sp³-hybridized carbons (Fsp3) is 0.391. The third kappa shape index (κ3) is 5.59. The van der Waals surface area contributed by atoms with E-state index in [1.807, 2.05) is 47.4 Å². The Bertz CT molecular complexity index is 774. The second-order valence-electron chi connectivity index (χ2n) is 7.22. The minimum atomic E-state index is -0.236. The van der Waals surface area contributed by atoms with Crippen LogP contribution in [0, 0.1) is 5.92 Å². The van der Waals surface area contributed by atoms with Gasteiger partial charge in [0, 0.05) is 26.1 Å². The van der Waals surface area contributed by atoms with Crippen LogP contribution in [0.5, 0.6) is 5.75 Å². The molecule has 1 N–H and O–H groups in total. The molecule has 0 spiro atoms. The van der Waals surface area contributed by atoms with Crippen molar-refractivity contribution in [3.05, 3.63) is 65.7 Å². The topological polar surface area (TPSA) is 58.6 Å². The number of carbonyl (C=O) groups is 2. The van der Waals surface area contributed by atoms with Crippen molar-refractivity contribution in [3.63, 3.8) is 0 Å². The van der Waals surface area contributed by atoms with Gasteiger partial charge in [0.2, 0.25) is 11.8 Å². The number of hydrogen-bond donors (Lipinski definition) is 1. The highest BCUT2D eigenvalue weighted by Gasteiger charge is 2.33. The Morgan fingerprint density at radius 2 is 1.79 bits per heavy atom. The van der Waals surface area contributed by atoms with Crippen molar-refractivity contribution in [2.24, 2.45) is 5.92 Å². The molecule has 148 valence electrons. The number of amides is 2. The van der Waals surface area contributed by atoms with Crippen molar-refractivity contribution in [2.75, 3.05) is 26.7 Å². The van der Waals surface area contributed by atoms with Crippen LogP contribution in [0.25, 0.3) is 0 Å². The molecule has 1 saturated heterocycles. The Labute approximate surface area is 166 Å². The van der Waals surface area contributed by atoms with E-state index in [-0.39, 0.29) is 17.7 Å². The Hall–Kier alpha value is -2.82. The molecule has 1 aliphatic heterocycles. The number of hydrogen-bond acceptors (Lipinski definition) is 3. The van der Waals surface area contributed by atoms with E-state index in [2.05, 4.69) is 17.4 Å². The van der Waals surface area contributed by atoms with Gasteiger partial charge in [0.25, 0.3) is 0 Å². The lowest BCUT2D eigenvalue weighted by Crippen LogP contribution is -2.34. The van der Waals surface area contributed by atoms with Crippen LogP contribution >= 0.6 is 0 Å². The quantitative estimate of drug-likeness (QED) is 0.728. The molecule has 0 bridgehead atoms. The van der Waals surface area contributed by atoms with Gasteiger partial charge in [-0.05, 0) is 42.5 Å². The van der Waals surface area contributed by atoms with Crippen molar-refractivity contribution in [1.82, 2.24) is 10.2 Å². The molecule has 1 unspecified atom stereocenters. The van der Waals surface area contributed by atoms with Gasteiger partial charge in [0.05, 0.1) is 13.0 Å². The molecule has 0 radical (unpaired) electrons. The van der Waals surface area contributed by atoms with Gasteiger partial charge in [-0.15, -0.1) is 0 Å². The van der Waals surface area contributed by atoms with Crippen LogP contribution in [-0.4, -0.2) is 43.5 Å². The number of aryl methyl sites for hydroxylation is 1. The Balaban J connectivity index is 1.38. The minimum Gasteiger partial charge on any atom is -0.497 e. The minimum absolute atomic E-state index is 0.0209. The first-order valence-electron chi connectivity index (χ1n) is 9.88. The summed E-state index contributed by atoms with van der Waals surface area (Å²) in [6.45, 7) is 1.81. The molecule has 5 heteroatoms. The average molecular weight is 380 g/mol. The van der Waals surface area contributed by atoms with Crippen LogP contribution in [0.3, 0.4) is 0 Å². The zero-order valence-corrected chi connectivity index (χ0v) is 16.4. The fourth-order valence-electron chi connectivity index (χ4n) is 3.55. The average Bonchev–Trinajstić information content (AvgIpc) is 3.10. The van der Waals surface area contributed by atoms with Crippen LogP contribution in [0.2, 0.25) is 0 Å². The van der Waals surface area contributed by atoms with Crippen molar-refractivity contribution >= 4 is 11.8 Å². The summed E-state index contributed by atoms with van der Waals surface area (Å²) in [5.41, 5.74) is 2.42. The lowest BCUT2D eigenvalue weighted by atomic mass is 10.1. The van der Waals surface area contributed by atoms with Crippen molar-refractivity contribution in [2.45, 2.75) is 25.7 Å². The highest BCUT2D eigenvalue weighted by molar-refractivity contribution is 5.89. The highest BCUT2D eigenvalue weighted by Crippen LogP contribution is 2.19. The molecule has 5 nitrogen and oxygen atoms in total. The molecule has 0 saturated carbocycles. The van der Waals surface area contributed by atoms with Gasteiger partial charge in [0.1, 0.15) is 5.75 Å². The number of likely N-dealkylation sites (tertiary alicyclic amines) is 1. The van der Waals surface area contributed by atoms with Crippen molar-refractivity contribution < 1.29 is 14.3 Å². The number of rotatable bonds is 9. The standard InChI is InChI=1S/C23H28N2O3/c1-28-21-11-9-19(10-12-21)13-14-24-23(27)20-16-22(26)25(17-20)15-5-8-18-6-3-2-4-7-18/h2-4,6-7,9-12,20H,5,8,13-17H2,1H3,(H,24,27). The lowest BCUT2D eigenvalue weighted by Gasteiger charge is -2.16. The zero-order valence-electron chi connectivity index (χ0n) is 16.4. The van der Waals surface area contributed by atoms with Gasteiger partial charge >= 0.3 is 0 Å². The van der Waals surface area contributed by atoms with Gasteiger partial charge in [-0.1, -0.05) is 42.5 Å². The van der Waals surface area contributed by atoms with Gasteiger partial charge in [0.15, 0.2) is 0 Å². The molecule has 1 aliphatic rings. The van der Waals surface area contributed by atoms with E-state index in [0.29, 0.717) is 26.1 Å². The molecule has 1 fully saturated rings. The Morgan fingerprint density at radius 3 is 2.50 bits per heavy atom. The SMILES string of the molecule is COc1ccc(CCNC(=O)C2CC(=O)N(CCCc3ccccc3)C2)cc1. The molecule has 1 heterocycles. The fourth-order valence-corrected chi connectivity index (χ4v) is 3.55. The molecule has 28 heavy (non-hydrogen) atoms. The summed E-state index contributed by atoms with van der Waals surface area (Å²) in [7, 11) is 1.64.